The standard InChI is InChI=1S/C12H34N4OS2/c1-18(2,11-15-9-5-7-13)17-19(3,4)12-16-10-6-8-14/h15-16H,5-14H2,1-4H3. The predicted molar refractivity (Wildman–Crippen MR) is 93.0 cm³/mol. The molecular formula is C12H34N4OS2. The molecule has 0 aromatic rings. The van der Waals surface area contributed by atoms with Crippen molar-refractivity contribution in [2.45, 2.75) is 12.8 Å². The van der Waals surface area contributed by atoms with Crippen molar-refractivity contribution in [3.8, 4) is 0 Å². The zero-order chi connectivity index (χ0) is 14.8. The number of nitrogens with two attached hydrogens (primary N) is 2. The monoisotopic (exact) mass is 314 g/mol. The van der Waals surface area contributed by atoms with E-state index < -0.39 is 20.6 Å². The molecule has 0 unspecified atom stereocenters. The van der Waals surface area contributed by atoms with Crippen LogP contribution in [0.15, 0.2) is 0 Å². The Kier molecular flexibility index (Phi) is 10.5. The molecule has 0 aliphatic heterocycles. The van der Waals surface area contributed by atoms with Crippen LogP contribution in [0, 0.1) is 0 Å². The Balaban J connectivity index is 3.93. The number of hydrogen-bond acceptors (Lipinski definition) is 5. The molecule has 5 nitrogen and oxygen atoms in total. The third kappa shape index (κ3) is 12.0. The number of rotatable bonds is 12. The number of hydrogen-bond donors (Lipinski definition) is 4. The number of nitrogens with one attached hydrogen (secondary N) is 2. The normalized spacial score (nSPS) is 14.6. The van der Waals surface area contributed by atoms with Crippen LogP contribution >= 0.6 is 20.6 Å². The fraction of sp³-hybridized carbons (Fsp3) is 1.00. The molecule has 0 heterocycles. The van der Waals surface area contributed by atoms with Gasteiger partial charge in [0, 0.05) is 11.8 Å². The highest BCUT2D eigenvalue weighted by molar-refractivity contribution is 8.40. The second kappa shape index (κ2) is 10.3. The van der Waals surface area contributed by atoms with E-state index in [1.807, 2.05) is 0 Å². The maximum Gasteiger partial charge on any atom is 0.0480 e. The van der Waals surface area contributed by atoms with E-state index in [1.165, 1.54) is 0 Å². The first kappa shape index (κ1) is 19.5. The van der Waals surface area contributed by atoms with Crippen LogP contribution in [0.2, 0.25) is 0 Å². The topological polar surface area (TPSA) is 85.3 Å². The van der Waals surface area contributed by atoms with E-state index in [0.717, 1.165) is 50.8 Å². The van der Waals surface area contributed by atoms with E-state index in [0.29, 0.717) is 0 Å². The average molecular weight is 315 g/mol. The van der Waals surface area contributed by atoms with Crippen LogP contribution in [0.4, 0.5) is 0 Å². The Morgan fingerprint density at radius 3 is 1.47 bits per heavy atom. The van der Waals surface area contributed by atoms with Gasteiger partial charge in [-0.2, -0.15) is 0 Å². The van der Waals surface area contributed by atoms with Crippen LogP contribution in [0.25, 0.3) is 0 Å². The van der Waals surface area contributed by atoms with E-state index >= 15 is 0 Å². The van der Waals surface area contributed by atoms with Crippen molar-refractivity contribution >= 4 is 20.6 Å². The van der Waals surface area contributed by atoms with Crippen molar-refractivity contribution in [2.24, 2.45) is 11.5 Å². The molecule has 0 amide bonds. The highest BCUT2D eigenvalue weighted by Crippen LogP contribution is 2.56. The smallest absolute Gasteiger partial charge is 0.0480 e. The minimum Gasteiger partial charge on any atom is -0.330 e. The third-order valence-corrected chi connectivity index (χ3v) is 7.13. The summed E-state index contributed by atoms with van der Waals surface area (Å²) in [6.45, 7) is 3.43. The molecule has 0 aliphatic rings. The summed E-state index contributed by atoms with van der Waals surface area (Å²) in [5.41, 5.74) is 11.0. The van der Waals surface area contributed by atoms with Gasteiger partial charge in [0.15, 0.2) is 0 Å². The van der Waals surface area contributed by atoms with Crippen LogP contribution in [-0.2, 0) is 3.63 Å². The van der Waals surface area contributed by atoms with E-state index in [9.17, 15) is 0 Å². The summed E-state index contributed by atoms with van der Waals surface area (Å²) in [4.78, 5) is 0. The Morgan fingerprint density at radius 2 is 1.16 bits per heavy atom. The SMILES string of the molecule is CS(C)(CNCCCN)OS(C)(C)CNCCCN. The Morgan fingerprint density at radius 1 is 0.789 bits per heavy atom. The molecule has 0 bridgehead atoms. The largest absolute Gasteiger partial charge is 0.330 e. The van der Waals surface area contributed by atoms with Gasteiger partial charge in [0.1, 0.15) is 0 Å². The maximum absolute atomic E-state index is 6.36. The highest BCUT2D eigenvalue weighted by atomic mass is 32.3. The molecule has 0 aromatic heterocycles. The minimum absolute atomic E-state index is 0.741. The molecule has 0 saturated heterocycles. The molecule has 7 heteroatoms. The van der Waals surface area contributed by atoms with Crippen LogP contribution in [-0.4, -0.2) is 63.0 Å². The Labute approximate surface area is 122 Å². The van der Waals surface area contributed by atoms with Crippen LogP contribution in [0.1, 0.15) is 12.8 Å². The third-order valence-electron chi connectivity index (χ3n) is 2.38. The zero-order valence-electron chi connectivity index (χ0n) is 13.0. The first-order chi connectivity index (χ1) is 8.83. The van der Waals surface area contributed by atoms with E-state index in [4.69, 9.17) is 15.1 Å². The fourth-order valence-electron chi connectivity index (χ4n) is 1.64. The summed E-state index contributed by atoms with van der Waals surface area (Å²) in [5, 5.41) is 6.87. The van der Waals surface area contributed by atoms with Gasteiger partial charge in [-0.05, 0) is 64.0 Å². The summed E-state index contributed by atoms with van der Waals surface area (Å²) in [6, 6.07) is 0. The summed E-state index contributed by atoms with van der Waals surface area (Å²) < 4.78 is 6.36. The lowest BCUT2D eigenvalue weighted by Gasteiger charge is -2.42. The molecule has 0 aliphatic carbocycles. The van der Waals surface area contributed by atoms with Crippen LogP contribution < -0.4 is 22.1 Å². The predicted octanol–water partition coefficient (Wildman–Crippen LogP) is 0.753. The lowest BCUT2D eigenvalue weighted by atomic mass is 10.4. The van der Waals surface area contributed by atoms with Gasteiger partial charge in [-0.3, -0.25) is 3.63 Å². The molecule has 120 valence electrons. The van der Waals surface area contributed by atoms with Crippen molar-refractivity contribution in [3.63, 3.8) is 0 Å². The summed E-state index contributed by atoms with van der Waals surface area (Å²) in [6.07, 6.45) is 10.9. The Hall–Kier alpha value is 0.500. The lowest BCUT2D eigenvalue weighted by Crippen LogP contribution is -2.28. The summed E-state index contributed by atoms with van der Waals surface area (Å²) >= 11 is 0. The molecular weight excluding hydrogens is 280 g/mol. The van der Waals surface area contributed by atoms with Gasteiger partial charge in [0.2, 0.25) is 0 Å². The van der Waals surface area contributed by atoms with Gasteiger partial charge >= 0.3 is 0 Å². The second-order valence-electron chi connectivity index (χ2n) is 5.51. The van der Waals surface area contributed by atoms with Crippen molar-refractivity contribution in [1.29, 1.82) is 0 Å². The van der Waals surface area contributed by atoms with Crippen LogP contribution in [0.5, 0.6) is 0 Å². The molecule has 0 radical (unpaired) electrons. The van der Waals surface area contributed by atoms with Gasteiger partial charge in [-0.15, -0.1) is 20.6 Å². The average Bonchev–Trinajstić information content (AvgIpc) is 2.29. The van der Waals surface area contributed by atoms with Crippen molar-refractivity contribution in [3.05, 3.63) is 0 Å². The van der Waals surface area contributed by atoms with Crippen molar-refractivity contribution in [1.82, 2.24) is 10.6 Å². The molecule has 6 N–H and O–H groups in total. The van der Waals surface area contributed by atoms with E-state index in [1.54, 1.807) is 0 Å². The molecule has 0 atom stereocenters. The quantitative estimate of drug-likeness (QED) is 0.400. The minimum atomic E-state index is -1.04. The Bertz CT molecular complexity index is 206. The first-order valence-corrected chi connectivity index (χ1v) is 11.9. The lowest BCUT2D eigenvalue weighted by molar-refractivity contribution is 0.651. The first-order valence-electron chi connectivity index (χ1n) is 6.77. The summed E-state index contributed by atoms with van der Waals surface area (Å²) in [5.74, 6) is 1.87. The molecule has 0 spiro atoms. The van der Waals surface area contributed by atoms with Gasteiger partial charge in [0.05, 0.1) is 0 Å². The van der Waals surface area contributed by atoms with Gasteiger partial charge in [-0.1, -0.05) is 0 Å². The molecule has 0 fully saturated rings. The molecule has 0 aromatic carbocycles. The molecule has 0 rings (SSSR count). The molecule has 19 heavy (non-hydrogen) atoms. The fourth-order valence-corrected chi connectivity index (χ4v) is 7.28. The summed E-state index contributed by atoms with van der Waals surface area (Å²) in [7, 11) is -2.08. The van der Waals surface area contributed by atoms with Crippen LogP contribution in [0.3, 0.4) is 0 Å². The highest BCUT2D eigenvalue weighted by Gasteiger charge is 2.21. The van der Waals surface area contributed by atoms with Gasteiger partial charge in [0.25, 0.3) is 0 Å². The second-order valence-corrected chi connectivity index (χ2v) is 12.4. The maximum atomic E-state index is 6.36. The molecule has 0 saturated carbocycles. The van der Waals surface area contributed by atoms with E-state index in [2.05, 4.69) is 35.7 Å². The van der Waals surface area contributed by atoms with Crippen molar-refractivity contribution in [2.75, 3.05) is 63.0 Å². The zero-order valence-corrected chi connectivity index (χ0v) is 14.7. The van der Waals surface area contributed by atoms with Gasteiger partial charge in [-0.25, -0.2) is 0 Å². The van der Waals surface area contributed by atoms with Gasteiger partial charge < -0.3 is 22.1 Å². The van der Waals surface area contributed by atoms with E-state index in [-0.39, 0.29) is 0 Å². The van der Waals surface area contributed by atoms with Crippen molar-refractivity contribution < 1.29 is 3.63 Å².